The smallest absolute Gasteiger partial charge is 0.331 e. The molecule has 0 fully saturated rings. The van der Waals surface area contributed by atoms with Crippen LogP contribution in [0, 0.1) is 6.92 Å². The number of anilines is 1. The summed E-state index contributed by atoms with van der Waals surface area (Å²) in [5, 5.41) is 2.55. The van der Waals surface area contributed by atoms with Crippen LogP contribution < -0.4 is 10.2 Å². The molecule has 5 nitrogen and oxygen atoms in total. The van der Waals surface area contributed by atoms with Gasteiger partial charge in [0.05, 0.1) is 0 Å². The Balaban J connectivity index is 2.26. The Labute approximate surface area is 193 Å². The average molecular weight is 447 g/mol. The molecule has 1 N–H and O–H groups in total. The predicted molar refractivity (Wildman–Crippen MR) is 127 cm³/mol. The molecule has 6 heteroatoms. The topological polar surface area (TPSA) is 66.5 Å². The molecule has 0 spiro atoms. The van der Waals surface area contributed by atoms with Crippen molar-refractivity contribution in [3.8, 4) is 0 Å². The van der Waals surface area contributed by atoms with Gasteiger partial charge in [-0.05, 0) is 52.0 Å². The number of benzene rings is 3. The minimum absolute atomic E-state index is 0.0259. The van der Waals surface area contributed by atoms with Gasteiger partial charge >= 0.3 is 5.79 Å². The van der Waals surface area contributed by atoms with Gasteiger partial charge in [-0.15, -0.1) is 0 Å². The van der Waals surface area contributed by atoms with Crippen LogP contribution in [-0.2, 0) is 4.79 Å². The molecule has 3 aromatic carbocycles. The molecule has 0 aliphatic rings. The number of Topliss-reactive ketones (excluding diaryl/α,β-unsaturated/α-hetero) is 1. The number of nitrogens with one attached hydrogen (secondary N) is 1. The highest BCUT2D eigenvalue weighted by atomic mass is 19.1. The molecule has 33 heavy (non-hydrogen) atoms. The number of amides is 2. The molecule has 0 aliphatic heterocycles. The van der Waals surface area contributed by atoms with Gasteiger partial charge < -0.3 is 5.32 Å². The van der Waals surface area contributed by atoms with E-state index in [9.17, 15) is 14.4 Å². The van der Waals surface area contributed by atoms with E-state index in [4.69, 9.17) is 0 Å². The van der Waals surface area contributed by atoms with Crippen molar-refractivity contribution in [1.82, 2.24) is 5.32 Å². The Morgan fingerprint density at radius 1 is 0.758 bits per heavy atom. The highest BCUT2D eigenvalue weighted by Gasteiger charge is 2.55. The third kappa shape index (κ3) is 5.17. The van der Waals surface area contributed by atoms with Crippen LogP contribution in [0.25, 0.3) is 0 Å². The zero-order chi connectivity index (χ0) is 24.2. The monoisotopic (exact) mass is 446 g/mol. The molecule has 0 aliphatic carbocycles. The maximum absolute atomic E-state index is 17.1. The number of rotatable bonds is 6. The number of alkyl halides is 1. The maximum atomic E-state index is 17.1. The van der Waals surface area contributed by atoms with Crippen LogP contribution in [0.1, 0.15) is 47.1 Å². The molecular formula is C27H27FN2O3. The number of hydrogen-bond donors (Lipinski definition) is 1. The minimum atomic E-state index is -3.34. The Hall–Kier alpha value is -3.80. The fraction of sp³-hybridized carbons (Fsp3) is 0.222. The van der Waals surface area contributed by atoms with Gasteiger partial charge in [-0.1, -0.05) is 66.2 Å². The van der Waals surface area contributed by atoms with E-state index in [1.807, 2.05) is 6.92 Å². The first-order valence-corrected chi connectivity index (χ1v) is 10.6. The van der Waals surface area contributed by atoms with Crippen molar-refractivity contribution in [3.63, 3.8) is 0 Å². The van der Waals surface area contributed by atoms with Gasteiger partial charge in [0.25, 0.3) is 11.8 Å². The summed E-state index contributed by atoms with van der Waals surface area (Å²) in [5.74, 6) is -6.49. The van der Waals surface area contributed by atoms with Crippen LogP contribution >= 0.6 is 0 Å². The van der Waals surface area contributed by atoms with E-state index in [1.165, 1.54) is 36.4 Å². The number of carbonyl (C=O) groups is 3. The molecule has 0 saturated heterocycles. The lowest BCUT2D eigenvalue weighted by Gasteiger charge is -2.37. The largest absolute Gasteiger partial charge is 0.347 e. The lowest BCUT2D eigenvalue weighted by Crippen LogP contribution is -2.65. The van der Waals surface area contributed by atoms with Gasteiger partial charge in [0.2, 0.25) is 5.78 Å². The second kappa shape index (κ2) is 9.36. The first kappa shape index (κ1) is 23.9. The summed E-state index contributed by atoms with van der Waals surface area (Å²) in [6.45, 7) is 6.87. The van der Waals surface area contributed by atoms with Crippen LogP contribution in [0.15, 0.2) is 84.9 Å². The van der Waals surface area contributed by atoms with E-state index in [0.717, 1.165) is 5.56 Å². The van der Waals surface area contributed by atoms with Gasteiger partial charge in [0, 0.05) is 22.4 Å². The molecule has 0 aromatic heterocycles. The number of halogens is 1. The number of ketones is 1. The lowest BCUT2D eigenvalue weighted by atomic mass is 9.96. The van der Waals surface area contributed by atoms with Crippen LogP contribution in [0.3, 0.4) is 0 Å². The number of carbonyl (C=O) groups excluding carboxylic acids is 3. The fourth-order valence-corrected chi connectivity index (χ4v) is 3.35. The zero-order valence-electron chi connectivity index (χ0n) is 19.1. The number of aryl methyl sites for hydroxylation is 1. The Morgan fingerprint density at radius 3 is 1.73 bits per heavy atom. The van der Waals surface area contributed by atoms with Crippen molar-refractivity contribution >= 4 is 23.3 Å². The Kier molecular flexibility index (Phi) is 6.77. The molecule has 3 rings (SSSR count). The Morgan fingerprint density at radius 2 is 1.24 bits per heavy atom. The van der Waals surface area contributed by atoms with Gasteiger partial charge in [0.1, 0.15) is 0 Å². The fourth-order valence-electron chi connectivity index (χ4n) is 3.35. The molecule has 3 aromatic rings. The van der Waals surface area contributed by atoms with Gasteiger partial charge in [-0.2, -0.15) is 4.39 Å². The van der Waals surface area contributed by atoms with Crippen LogP contribution in [0.5, 0.6) is 0 Å². The summed E-state index contributed by atoms with van der Waals surface area (Å²) < 4.78 is 17.1. The van der Waals surface area contributed by atoms with E-state index >= 15 is 4.39 Å². The van der Waals surface area contributed by atoms with Crippen molar-refractivity contribution < 1.29 is 18.8 Å². The summed E-state index contributed by atoms with van der Waals surface area (Å²) in [4.78, 5) is 41.3. The third-order valence-corrected chi connectivity index (χ3v) is 4.95. The normalized spacial score (nSPS) is 13.0. The van der Waals surface area contributed by atoms with E-state index in [2.05, 4.69) is 5.32 Å². The SMILES string of the molecule is Cc1ccc(N(C(=O)c2ccccc2)[C@@](F)(C(=O)NC(C)(C)C)C(=O)c2ccccc2)cc1. The third-order valence-electron chi connectivity index (χ3n) is 4.95. The predicted octanol–water partition coefficient (Wildman–Crippen LogP) is 5.11. The maximum Gasteiger partial charge on any atom is 0.331 e. The molecule has 170 valence electrons. The molecule has 2 amide bonds. The second-order valence-electron chi connectivity index (χ2n) is 8.86. The van der Waals surface area contributed by atoms with Crippen molar-refractivity contribution in [2.45, 2.75) is 39.0 Å². The average Bonchev–Trinajstić information content (AvgIpc) is 2.79. The molecule has 0 saturated carbocycles. The van der Waals surface area contributed by atoms with E-state index in [-0.39, 0.29) is 16.8 Å². The van der Waals surface area contributed by atoms with Crippen LogP contribution in [0.2, 0.25) is 0 Å². The summed E-state index contributed by atoms with van der Waals surface area (Å²) in [6.07, 6.45) is 0. The first-order valence-electron chi connectivity index (χ1n) is 10.6. The standard InChI is InChI=1S/C27H27FN2O3/c1-19-15-17-22(18-16-19)30(24(32)21-13-9-6-10-14-21)27(28,25(33)29-26(2,3)4)23(31)20-11-7-5-8-12-20/h5-18H,1-4H3,(H,29,33)/t27-/m1/s1. The first-order chi connectivity index (χ1) is 15.5. The van der Waals surface area contributed by atoms with E-state index in [0.29, 0.717) is 4.90 Å². The number of nitrogens with zero attached hydrogens (tertiary/aromatic N) is 1. The van der Waals surface area contributed by atoms with Gasteiger partial charge in [-0.25, -0.2) is 0 Å². The molecular weight excluding hydrogens is 419 g/mol. The van der Waals surface area contributed by atoms with Crippen molar-refractivity contribution in [2.24, 2.45) is 0 Å². The zero-order valence-corrected chi connectivity index (χ0v) is 19.1. The quantitative estimate of drug-likeness (QED) is 0.325. The van der Waals surface area contributed by atoms with Crippen molar-refractivity contribution in [3.05, 3.63) is 102 Å². The summed E-state index contributed by atoms with van der Waals surface area (Å²) in [6, 6.07) is 22.1. The van der Waals surface area contributed by atoms with Crippen molar-refractivity contribution in [1.29, 1.82) is 0 Å². The molecule has 0 unspecified atom stereocenters. The Bertz CT molecular complexity index is 1140. The highest BCUT2D eigenvalue weighted by Crippen LogP contribution is 2.32. The molecule has 1 atom stereocenters. The summed E-state index contributed by atoms with van der Waals surface area (Å²) in [7, 11) is 0. The van der Waals surface area contributed by atoms with E-state index in [1.54, 1.807) is 69.3 Å². The van der Waals surface area contributed by atoms with Crippen LogP contribution in [0.4, 0.5) is 10.1 Å². The molecule has 0 bridgehead atoms. The van der Waals surface area contributed by atoms with E-state index < -0.39 is 28.9 Å². The molecule has 0 heterocycles. The van der Waals surface area contributed by atoms with Gasteiger partial charge in [0.15, 0.2) is 0 Å². The molecule has 0 radical (unpaired) electrons. The summed E-state index contributed by atoms with van der Waals surface area (Å²) in [5.41, 5.74) is 0.237. The van der Waals surface area contributed by atoms with Gasteiger partial charge in [-0.3, -0.25) is 19.3 Å². The highest BCUT2D eigenvalue weighted by molar-refractivity contribution is 6.24. The second-order valence-corrected chi connectivity index (χ2v) is 8.86. The minimum Gasteiger partial charge on any atom is -0.347 e. The summed E-state index contributed by atoms with van der Waals surface area (Å²) >= 11 is 0. The van der Waals surface area contributed by atoms with Crippen LogP contribution in [-0.4, -0.2) is 28.9 Å². The lowest BCUT2D eigenvalue weighted by molar-refractivity contribution is -0.131. The van der Waals surface area contributed by atoms with Crippen molar-refractivity contribution in [2.75, 3.05) is 4.90 Å². The number of hydrogen-bond acceptors (Lipinski definition) is 3.